The van der Waals surface area contributed by atoms with Gasteiger partial charge in [-0.15, -0.1) is 0 Å². The van der Waals surface area contributed by atoms with E-state index in [0.29, 0.717) is 5.56 Å². The van der Waals surface area contributed by atoms with E-state index < -0.39 is 5.54 Å². The normalized spacial score (nSPS) is 23.8. The number of benzene rings is 2. The van der Waals surface area contributed by atoms with Crippen LogP contribution in [0.5, 0.6) is 0 Å². The lowest BCUT2D eigenvalue weighted by atomic mass is 9.87. The first-order valence-corrected chi connectivity index (χ1v) is 8.22. The zero-order chi connectivity index (χ0) is 16.1. The van der Waals surface area contributed by atoms with Crippen molar-refractivity contribution >= 4 is 5.91 Å². The second-order valence-electron chi connectivity index (χ2n) is 6.51. The van der Waals surface area contributed by atoms with Crippen molar-refractivity contribution in [3.05, 3.63) is 101 Å². The van der Waals surface area contributed by atoms with Crippen molar-refractivity contribution in [2.24, 2.45) is 0 Å². The molecule has 2 heterocycles. The summed E-state index contributed by atoms with van der Waals surface area (Å²) in [7, 11) is 0. The maximum Gasteiger partial charge on any atom is 0.254 e. The number of carbonyl (C=O) groups excluding carboxylic acids is 1. The van der Waals surface area contributed by atoms with Gasteiger partial charge in [0.05, 0.1) is 11.3 Å². The molecule has 0 saturated carbocycles. The first-order valence-electron chi connectivity index (χ1n) is 8.22. The number of hydrogen-bond acceptors (Lipinski definition) is 2. The molecule has 1 aromatic heterocycles. The second-order valence-corrected chi connectivity index (χ2v) is 6.51. The number of aromatic nitrogens is 1. The molecule has 2 aliphatic rings. The Kier molecular flexibility index (Phi) is 2.69. The van der Waals surface area contributed by atoms with E-state index in [4.69, 9.17) is 0 Å². The van der Waals surface area contributed by atoms with Crippen molar-refractivity contribution in [3.8, 4) is 0 Å². The summed E-state index contributed by atoms with van der Waals surface area (Å²) in [6.45, 7) is 0. The summed E-state index contributed by atoms with van der Waals surface area (Å²) in [5, 5.41) is 3.25. The van der Waals surface area contributed by atoms with Crippen LogP contribution in [0.15, 0.2) is 72.9 Å². The fraction of sp³-hybridized carbons (Fsp3) is 0.143. The molecule has 0 saturated heterocycles. The molecule has 1 aliphatic heterocycles. The summed E-state index contributed by atoms with van der Waals surface area (Å²) in [4.78, 5) is 17.1. The van der Waals surface area contributed by atoms with E-state index in [1.807, 2.05) is 24.3 Å². The topological polar surface area (TPSA) is 42.0 Å². The predicted molar refractivity (Wildman–Crippen MR) is 91.8 cm³/mol. The highest BCUT2D eigenvalue weighted by molar-refractivity contribution is 6.00. The number of carbonyl (C=O) groups is 1. The van der Waals surface area contributed by atoms with Gasteiger partial charge in [0, 0.05) is 12.1 Å². The molecule has 0 radical (unpaired) electrons. The predicted octanol–water partition coefficient (Wildman–Crippen LogP) is 3.60. The molecule has 1 N–H and O–H groups in total. The number of hydrogen-bond donors (Lipinski definition) is 1. The summed E-state index contributed by atoms with van der Waals surface area (Å²) < 4.78 is 0. The zero-order valence-corrected chi connectivity index (χ0v) is 13.1. The Labute approximate surface area is 140 Å². The maximum absolute atomic E-state index is 12.5. The van der Waals surface area contributed by atoms with E-state index in [9.17, 15) is 4.79 Å². The minimum Gasteiger partial charge on any atom is -0.337 e. The fourth-order valence-electron chi connectivity index (χ4n) is 4.29. The molecule has 0 bridgehead atoms. The van der Waals surface area contributed by atoms with Crippen molar-refractivity contribution in [2.75, 3.05) is 0 Å². The first-order chi connectivity index (χ1) is 11.8. The highest BCUT2D eigenvalue weighted by Gasteiger charge is 2.52. The largest absolute Gasteiger partial charge is 0.337 e. The Morgan fingerprint density at radius 2 is 1.75 bits per heavy atom. The van der Waals surface area contributed by atoms with Crippen LogP contribution in [0.2, 0.25) is 0 Å². The number of nitrogens with one attached hydrogen (secondary N) is 1. The summed E-state index contributed by atoms with van der Waals surface area (Å²) in [6.07, 6.45) is 2.59. The van der Waals surface area contributed by atoms with Crippen LogP contribution in [0.25, 0.3) is 0 Å². The average molecular weight is 312 g/mol. The van der Waals surface area contributed by atoms with Gasteiger partial charge >= 0.3 is 0 Å². The van der Waals surface area contributed by atoms with Gasteiger partial charge in [0.2, 0.25) is 0 Å². The number of pyridine rings is 1. The molecule has 0 fully saturated rings. The van der Waals surface area contributed by atoms with Crippen molar-refractivity contribution in [1.29, 1.82) is 0 Å². The molecule has 2 atom stereocenters. The van der Waals surface area contributed by atoms with Gasteiger partial charge in [-0.2, -0.15) is 0 Å². The Hall–Kier alpha value is -2.94. The summed E-state index contributed by atoms with van der Waals surface area (Å²) in [5.41, 5.74) is 4.78. The Bertz CT molecular complexity index is 951. The van der Waals surface area contributed by atoms with Crippen LogP contribution in [0.1, 0.15) is 45.1 Å². The minimum absolute atomic E-state index is 0.0263. The number of rotatable bonds is 1. The monoisotopic (exact) mass is 312 g/mol. The molecule has 0 unspecified atom stereocenters. The third-order valence-corrected chi connectivity index (χ3v) is 5.29. The van der Waals surface area contributed by atoms with Crippen LogP contribution in [0, 0.1) is 0 Å². The smallest absolute Gasteiger partial charge is 0.254 e. The third-order valence-electron chi connectivity index (χ3n) is 5.29. The van der Waals surface area contributed by atoms with Crippen LogP contribution in [-0.2, 0) is 5.54 Å². The van der Waals surface area contributed by atoms with Gasteiger partial charge in [-0.3, -0.25) is 9.78 Å². The Morgan fingerprint density at radius 3 is 2.62 bits per heavy atom. The fourth-order valence-corrected chi connectivity index (χ4v) is 4.29. The van der Waals surface area contributed by atoms with Gasteiger partial charge < -0.3 is 5.32 Å². The molecular formula is C21H16N2O. The minimum atomic E-state index is -0.509. The Morgan fingerprint density at radius 1 is 0.958 bits per heavy atom. The quantitative estimate of drug-likeness (QED) is 0.746. The molecule has 116 valence electrons. The highest BCUT2D eigenvalue weighted by Crippen LogP contribution is 2.52. The second kappa shape index (κ2) is 4.78. The standard InChI is InChI=1S/C21H16N2O/c24-20-16-10-6-12-22-19(16)21(23-20)13-17(14-7-2-1-3-8-14)15-9-4-5-11-18(15)21/h1-12,17H,13H2,(H,23,24)/t17-,21-/m0/s1. The van der Waals surface area contributed by atoms with E-state index in [0.717, 1.165) is 12.1 Å². The van der Waals surface area contributed by atoms with Gasteiger partial charge in [-0.1, -0.05) is 54.6 Å². The van der Waals surface area contributed by atoms with Gasteiger partial charge in [0.1, 0.15) is 5.54 Å². The van der Waals surface area contributed by atoms with Gasteiger partial charge in [0.15, 0.2) is 0 Å². The van der Waals surface area contributed by atoms with Crippen LogP contribution in [-0.4, -0.2) is 10.9 Å². The molecule has 3 aromatic rings. The van der Waals surface area contributed by atoms with Crippen molar-refractivity contribution in [1.82, 2.24) is 10.3 Å². The molecule has 5 rings (SSSR count). The molecule has 1 spiro atoms. The van der Waals surface area contributed by atoms with Gasteiger partial charge in [-0.05, 0) is 35.2 Å². The zero-order valence-electron chi connectivity index (χ0n) is 13.1. The lowest BCUT2D eigenvalue weighted by molar-refractivity contribution is 0.0940. The summed E-state index contributed by atoms with van der Waals surface area (Å²) in [6, 6.07) is 22.6. The number of fused-ring (bicyclic) bond motifs is 4. The highest BCUT2D eigenvalue weighted by atomic mass is 16.2. The SMILES string of the molecule is O=C1N[C@]2(C[C@@H](c3ccccc3)c3ccccc32)c2ncccc21. The van der Waals surface area contributed by atoms with Crippen LogP contribution in [0.3, 0.4) is 0 Å². The molecule has 3 nitrogen and oxygen atoms in total. The summed E-state index contributed by atoms with van der Waals surface area (Å²) in [5.74, 6) is 0.234. The summed E-state index contributed by atoms with van der Waals surface area (Å²) >= 11 is 0. The molecule has 1 amide bonds. The van der Waals surface area contributed by atoms with E-state index in [2.05, 4.69) is 52.8 Å². The van der Waals surface area contributed by atoms with Crippen LogP contribution >= 0.6 is 0 Å². The van der Waals surface area contributed by atoms with Crippen LogP contribution < -0.4 is 5.32 Å². The van der Waals surface area contributed by atoms with Crippen molar-refractivity contribution in [3.63, 3.8) is 0 Å². The Balaban J connectivity index is 1.75. The lowest BCUT2D eigenvalue weighted by Gasteiger charge is -2.26. The first kappa shape index (κ1) is 13.5. The van der Waals surface area contributed by atoms with E-state index in [-0.39, 0.29) is 11.8 Å². The number of nitrogens with zero attached hydrogens (tertiary/aromatic N) is 1. The third kappa shape index (κ3) is 1.67. The number of amides is 1. The van der Waals surface area contributed by atoms with Gasteiger partial charge in [-0.25, -0.2) is 0 Å². The lowest BCUT2D eigenvalue weighted by Crippen LogP contribution is -2.39. The van der Waals surface area contributed by atoms with Crippen LogP contribution in [0.4, 0.5) is 0 Å². The van der Waals surface area contributed by atoms with Crippen molar-refractivity contribution in [2.45, 2.75) is 17.9 Å². The average Bonchev–Trinajstić information content (AvgIpc) is 3.13. The maximum atomic E-state index is 12.5. The van der Waals surface area contributed by atoms with E-state index in [1.165, 1.54) is 16.7 Å². The van der Waals surface area contributed by atoms with E-state index >= 15 is 0 Å². The molecule has 24 heavy (non-hydrogen) atoms. The molecule has 2 aromatic carbocycles. The van der Waals surface area contributed by atoms with Gasteiger partial charge in [0.25, 0.3) is 5.91 Å². The van der Waals surface area contributed by atoms with E-state index in [1.54, 1.807) is 6.20 Å². The molecular weight excluding hydrogens is 296 g/mol. The molecule has 1 aliphatic carbocycles. The van der Waals surface area contributed by atoms with Crippen molar-refractivity contribution < 1.29 is 4.79 Å². The molecule has 3 heteroatoms.